The van der Waals surface area contributed by atoms with E-state index in [2.05, 4.69) is 4.90 Å². The molecule has 4 nitrogen and oxygen atoms in total. The Labute approximate surface area is 145 Å². The SMILES string of the molecule is NC(=O)O[C@H]1CC[C@H](c2cccc(C(F)(F)F)c2)C[C@@H]1N1CCCC1. The van der Waals surface area contributed by atoms with E-state index in [9.17, 15) is 18.0 Å². The third kappa shape index (κ3) is 4.26. The smallest absolute Gasteiger partial charge is 0.416 e. The summed E-state index contributed by atoms with van der Waals surface area (Å²) in [5.74, 6) is 0.0284. The number of halogens is 3. The molecule has 1 aliphatic carbocycles. The number of hydrogen-bond acceptors (Lipinski definition) is 3. The molecule has 138 valence electrons. The summed E-state index contributed by atoms with van der Waals surface area (Å²) in [4.78, 5) is 13.5. The van der Waals surface area contributed by atoms with Crippen LogP contribution in [0.5, 0.6) is 0 Å². The van der Waals surface area contributed by atoms with Crippen LogP contribution in [-0.4, -0.2) is 36.2 Å². The Kier molecular flexibility index (Phi) is 5.22. The Morgan fingerprint density at radius 2 is 1.92 bits per heavy atom. The van der Waals surface area contributed by atoms with Crippen molar-refractivity contribution in [1.82, 2.24) is 4.90 Å². The Morgan fingerprint density at radius 1 is 1.20 bits per heavy atom. The highest BCUT2D eigenvalue weighted by atomic mass is 19.4. The molecule has 1 heterocycles. The maximum atomic E-state index is 13.0. The van der Waals surface area contributed by atoms with Gasteiger partial charge in [-0.3, -0.25) is 4.90 Å². The average Bonchev–Trinajstić information content (AvgIpc) is 3.08. The second kappa shape index (κ2) is 7.23. The molecule has 2 aliphatic rings. The van der Waals surface area contributed by atoms with Crippen LogP contribution in [0.3, 0.4) is 0 Å². The number of alkyl halides is 3. The summed E-state index contributed by atoms with van der Waals surface area (Å²) < 4.78 is 44.2. The van der Waals surface area contributed by atoms with Gasteiger partial charge in [-0.1, -0.05) is 18.2 Å². The van der Waals surface area contributed by atoms with E-state index in [-0.39, 0.29) is 18.1 Å². The fourth-order valence-electron chi connectivity index (χ4n) is 4.13. The predicted molar refractivity (Wildman–Crippen MR) is 87.1 cm³/mol. The van der Waals surface area contributed by atoms with Crippen LogP contribution in [0.4, 0.5) is 18.0 Å². The zero-order valence-electron chi connectivity index (χ0n) is 14.0. The van der Waals surface area contributed by atoms with Crippen LogP contribution in [0.15, 0.2) is 24.3 Å². The highest BCUT2D eigenvalue weighted by Gasteiger charge is 2.38. The summed E-state index contributed by atoms with van der Waals surface area (Å²) in [6.45, 7) is 1.86. The van der Waals surface area contributed by atoms with Crippen LogP contribution >= 0.6 is 0 Å². The second-order valence-corrected chi connectivity index (χ2v) is 6.92. The van der Waals surface area contributed by atoms with Gasteiger partial charge in [-0.05, 0) is 62.7 Å². The van der Waals surface area contributed by atoms with Crippen molar-refractivity contribution in [2.75, 3.05) is 13.1 Å². The lowest BCUT2D eigenvalue weighted by Crippen LogP contribution is -2.48. The van der Waals surface area contributed by atoms with Gasteiger partial charge in [0.2, 0.25) is 0 Å². The largest absolute Gasteiger partial charge is 0.445 e. The number of carbonyl (C=O) groups is 1. The van der Waals surface area contributed by atoms with Gasteiger partial charge in [-0.15, -0.1) is 0 Å². The van der Waals surface area contributed by atoms with Crippen LogP contribution in [0.2, 0.25) is 0 Å². The number of primary amides is 1. The number of benzene rings is 1. The van der Waals surface area contributed by atoms with Gasteiger partial charge in [0.25, 0.3) is 0 Å². The number of amides is 1. The lowest BCUT2D eigenvalue weighted by Gasteiger charge is -2.40. The third-order valence-electron chi connectivity index (χ3n) is 5.32. The summed E-state index contributed by atoms with van der Waals surface area (Å²) in [6, 6.07) is 5.60. The first kappa shape index (κ1) is 18.0. The van der Waals surface area contributed by atoms with E-state index in [0.717, 1.165) is 32.0 Å². The van der Waals surface area contributed by atoms with Crippen LogP contribution in [0.1, 0.15) is 49.1 Å². The van der Waals surface area contributed by atoms with E-state index in [1.54, 1.807) is 6.07 Å². The molecule has 1 aromatic rings. The van der Waals surface area contributed by atoms with Crippen molar-refractivity contribution in [3.63, 3.8) is 0 Å². The zero-order valence-corrected chi connectivity index (χ0v) is 14.0. The van der Waals surface area contributed by atoms with E-state index in [1.165, 1.54) is 12.1 Å². The fraction of sp³-hybridized carbons (Fsp3) is 0.611. The van der Waals surface area contributed by atoms with Crippen LogP contribution in [-0.2, 0) is 10.9 Å². The van der Waals surface area contributed by atoms with Crippen molar-refractivity contribution >= 4 is 6.09 Å². The van der Waals surface area contributed by atoms with Crippen molar-refractivity contribution in [2.24, 2.45) is 5.73 Å². The third-order valence-corrected chi connectivity index (χ3v) is 5.32. The minimum absolute atomic E-state index is 0.0169. The number of carbonyl (C=O) groups excluding carboxylic acids is 1. The molecule has 1 aromatic carbocycles. The van der Waals surface area contributed by atoms with E-state index in [4.69, 9.17) is 10.5 Å². The Balaban J connectivity index is 1.79. The number of nitrogens with zero attached hydrogens (tertiary/aromatic N) is 1. The molecule has 25 heavy (non-hydrogen) atoms. The second-order valence-electron chi connectivity index (χ2n) is 6.92. The van der Waals surface area contributed by atoms with Crippen molar-refractivity contribution < 1.29 is 22.7 Å². The Bertz CT molecular complexity index is 615. The zero-order chi connectivity index (χ0) is 18.0. The number of likely N-dealkylation sites (tertiary alicyclic amines) is 1. The van der Waals surface area contributed by atoms with Gasteiger partial charge in [0.05, 0.1) is 5.56 Å². The Hall–Kier alpha value is -1.76. The molecule has 1 amide bonds. The van der Waals surface area contributed by atoms with Gasteiger partial charge in [0.15, 0.2) is 0 Å². The molecule has 0 radical (unpaired) electrons. The van der Waals surface area contributed by atoms with Gasteiger partial charge in [0.1, 0.15) is 6.10 Å². The van der Waals surface area contributed by atoms with E-state index in [1.807, 2.05) is 0 Å². The maximum Gasteiger partial charge on any atom is 0.416 e. The quantitative estimate of drug-likeness (QED) is 0.894. The maximum absolute atomic E-state index is 13.0. The topological polar surface area (TPSA) is 55.6 Å². The summed E-state index contributed by atoms with van der Waals surface area (Å²) >= 11 is 0. The first-order valence-corrected chi connectivity index (χ1v) is 8.72. The molecule has 2 fully saturated rings. The number of hydrogen-bond donors (Lipinski definition) is 1. The predicted octanol–water partition coefficient (Wildman–Crippen LogP) is 3.90. The van der Waals surface area contributed by atoms with Crippen molar-refractivity contribution in [3.8, 4) is 0 Å². The monoisotopic (exact) mass is 356 g/mol. The summed E-state index contributed by atoms with van der Waals surface area (Å²) in [5, 5.41) is 0. The summed E-state index contributed by atoms with van der Waals surface area (Å²) in [7, 11) is 0. The van der Waals surface area contributed by atoms with Crippen molar-refractivity contribution in [3.05, 3.63) is 35.4 Å². The van der Waals surface area contributed by atoms with Crippen LogP contribution < -0.4 is 5.73 Å². The molecule has 3 rings (SSSR count). The van der Waals surface area contributed by atoms with E-state index in [0.29, 0.717) is 24.8 Å². The lowest BCUT2D eigenvalue weighted by atomic mass is 9.79. The molecule has 0 bridgehead atoms. The standard InChI is InChI=1S/C18H23F3N2O2/c19-18(20,21)14-5-3-4-12(10-14)13-6-7-16(25-17(22)24)15(11-13)23-8-1-2-9-23/h3-5,10,13,15-16H,1-2,6-9,11H2,(H2,22,24)/t13-,15-,16-/m0/s1. The summed E-state index contributed by atoms with van der Waals surface area (Å²) in [6.07, 6.45) is -1.24. The van der Waals surface area contributed by atoms with Gasteiger partial charge in [-0.2, -0.15) is 13.2 Å². The molecule has 7 heteroatoms. The highest BCUT2D eigenvalue weighted by Crippen LogP contribution is 2.39. The van der Waals surface area contributed by atoms with Gasteiger partial charge in [0, 0.05) is 6.04 Å². The minimum atomic E-state index is -4.34. The van der Waals surface area contributed by atoms with E-state index >= 15 is 0 Å². The van der Waals surface area contributed by atoms with Crippen LogP contribution in [0.25, 0.3) is 0 Å². The highest BCUT2D eigenvalue weighted by molar-refractivity contribution is 5.64. The molecule has 0 aromatic heterocycles. The number of nitrogens with two attached hydrogens (primary N) is 1. The molecular weight excluding hydrogens is 333 g/mol. The van der Waals surface area contributed by atoms with Crippen molar-refractivity contribution in [2.45, 2.75) is 56.3 Å². The van der Waals surface area contributed by atoms with Gasteiger partial charge < -0.3 is 10.5 Å². The average molecular weight is 356 g/mol. The van der Waals surface area contributed by atoms with Crippen LogP contribution in [0, 0.1) is 0 Å². The lowest BCUT2D eigenvalue weighted by molar-refractivity contribution is -0.137. The molecule has 2 N–H and O–H groups in total. The molecule has 0 unspecified atom stereocenters. The minimum Gasteiger partial charge on any atom is -0.445 e. The first-order valence-electron chi connectivity index (χ1n) is 8.72. The first-order chi connectivity index (χ1) is 11.8. The molecular formula is C18H23F3N2O2. The van der Waals surface area contributed by atoms with Gasteiger partial charge >= 0.3 is 12.3 Å². The van der Waals surface area contributed by atoms with E-state index < -0.39 is 17.8 Å². The molecule has 1 saturated carbocycles. The molecule has 1 saturated heterocycles. The molecule has 1 aliphatic heterocycles. The van der Waals surface area contributed by atoms with Gasteiger partial charge in [-0.25, -0.2) is 4.79 Å². The van der Waals surface area contributed by atoms with Crippen molar-refractivity contribution in [1.29, 1.82) is 0 Å². The number of rotatable bonds is 3. The fourth-order valence-corrected chi connectivity index (χ4v) is 4.13. The normalized spacial score (nSPS) is 28.0. The summed E-state index contributed by atoms with van der Waals surface area (Å²) in [5.41, 5.74) is 5.29. The Morgan fingerprint density at radius 3 is 2.56 bits per heavy atom. The molecule has 0 spiro atoms. The molecule has 3 atom stereocenters. The number of ether oxygens (including phenoxy) is 1.